The smallest absolute Gasteiger partial charge is 0.166 e. The number of aliphatic hydroxyl groups excluding tert-OH is 1. The van der Waals surface area contributed by atoms with E-state index in [-0.39, 0.29) is 11.5 Å². The van der Waals surface area contributed by atoms with E-state index in [2.05, 4.69) is 18.0 Å². The Balaban J connectivity index is 1.99. The number of benzene rings is 1. The summed E-state index contributed by atoms with van der Waals surface area (Å²) in [6.45, 7) is 1.82. The van der Waals surface area contributed by atoms with Crippen LogP contribution in [0.4, 0.5) is 0 Å². The summed E-state index contributed by atoms with van der Waals surface area (Å²) in [4.78, 5) is 2.31. The molecule has 0 unspecified atom stereocenters. The number of rotatable bonds is 1. The molecule has 1 aliphatic carbocycles. The Labute approximate surface area is 130 Å². The van der Waals surface area contributed by atoms with Gasteiger partial charge in [0.15, 0.2) is 11.5 Å². The number of methoxy groups -OCH3 is 1. The van der Waals surface area contributed by atoms with Gasteiger partial charge in [-0.1, -0.05) is 6.07 Å². The maximum absolute atomic E-state index is 10.1. The fourth-order valence-corrected chi connectivity index (χ4v) is 4.30. The summed E-state index contributed by atoms with van der Waals surface area (Å²) in [6, 6.07) is 4.08. The van der Waals surface area contributed by atoms with Gasteiger partial charge >= 0.3 is 0 Å². The second kappa shape index (κ2) is 4.64. The van der Waals surface area contributed by atoms with E-state index in [4.69, 9.17) is 15.2 Å². The van der Waals surface area contributed by atoms with Crippen LogP contribution in [0.1, 0.15) is 24.0 Å². The number of nitrogens with two attached hydrogens (primary N) is 1. The van der Waals surface area contributed by atoms with E-state index in [1.54, 1.807) is 13.2 Å². The Morgan fingerprint density at radius 1 is 1.45 bits per heavy atom. The molecule has 5 heteroatoms. The quantitative estimate of drug-likeness (QED) is 0.814. The Morgan fingerprint density at radius 3 is 3.05 bits per heavy atom. The average Bonchev–Trinajstić information content (AvgIpc) is 2.72. The Bertz CT molecular complexity index is 658. The standard InChI is InChI=1S/C17H22N2O3/c1-19-6-5-17-13(18)7-11(20)8-14(17)22-16-12(21-2)4-3-10(9-19)15(16)17/h3-4,7,11,14,20H,5-6,8-9,18H2,1-2H3/t11-,14-,17+/m0/s1. The first-order chi connectivity index (χ1) is 10.6. The summed E-state index contributed by atoms with van der Waals surface area (Å²) in [6.07, 6.45) is 2.60. The summed E-state index contributed by atoms with van der Waals surface area (Å²) in [5.74, 6) is 1.56. The van der Waals surface area contributed by atoms with Gasteiger partial charge in [0.25, 0.3) is 0 Å². The third-order valence-corrected chi connectivity index (χ3v) is 5.35. The Morgan fingerprint density at radius 2 is 2.27 bits per heavy atom. The number of hydrogen-bond acceptors (Lipinski definition) is 5. The van der Waals surface area contributed by atoms with Gasteiger partial charge in [-0.2, -0.15) is 0 Å². The molecule has 1 spiro atoms. The predicted molar refractivity (Wildman–Crippen MR) is 82.9 cm³/mol. The number of aliphatic hydroxyl groups is 1. The third-order valence-electron chi connectivity index (χ3n) is 5.35. The molecule has 3 atom stereocenters. The lowest BCUT2D eigenvalue weighted by Crippen LogP contribution is -2.48. The van der Waals surface area contributed by atoms with Crippen LogP contribution in [-0.2, 0) is 12.0 Å². The van der Waals surface area contributed by atoms with Crippen LogP contribution in [0, 0.1) is 0 Å². The number of nitrogens with zero attached hydrogens (tertiary/aromatic N) is 1. The van der Waals surface area contributed by atoms with Crippen LogP contribution in [0.3, 0.4) is 0 Å². The monoisotopic (exact) mass is 302 g/mol. The molecule has 0 radical (unpaired) electrons. The highest BCUT2D eigenvalue weighted by Crippen LogP contribution is 2.57. The van der Waals surface area contributed by atoms with Crippen molar-refractivity contribution in [2.45, 2.75) is 37.0 Å². The molecular formula is C17H22N2O3. The zero-order valence-corrected chi connectivity index (χ0v) is 13.0. The average molecular weight is 302 g/mol. The molecule has 1 aromatic carbocycles. The largest absolute Gasteiger partial charge is 0.493 e. The highest BCUT2D eigenvalue weighted by molar-refractivity contribution is 5.62. The van der Waals surface area contributed by atoms with Crippen molar-refractivity contribution in [1.29, 1.82) is 0 Å². The van der Waals surface area contributed by atoms with Gasteiger partial charge in [0, 0.05) is 24.2 Å². The minimum Gasteiger partial charge on any atom is -0.493 e. The van der Waals surface area contributed by atoms with Crippen molar-refractivity contribution < 1.29 is 14.6 Å². The molecule has 0 bridgehead atoms. The van der Waals surface area contributed by atoms with E-state index in [1.807, 2.05) is 6.07 Å². The van der Waals surface area contributed by atoms with Gasteiger partial charge in [-0.15, -0.1) is 0 Å². The topological polar surface area (TPSA) is 67.9 Å². The molecule has 0 saturated heterocycles. The van der Waals surface area contributed by atoms with Crippen molar-refractivity contribution >= 4 is 0 Å². The summed E-state index contributed by atoms with van der Waals surface area (Å²) in [5, 5.41) is 10.1. The molecule has 0 fully saturated rings. The molecule has 4 rings (SSSR count). The number of ether oxygens (including phenoxy) is 2. The van der Waals surface area contributed by atoms with E-state index >= 15 is 0 Å². The van der Waals surface area contributed by atoms with E-state index < -0.39 is 6.10 Å². The van der Waals surface area contributed by atoms with E-state index in [1.165, 1.54) is 11.1 Å². The minimum atomic E-state index is -0.541. The summed E-state index contributed by atoms with van der Waals surface area (Å²) >= 11 is 0. The molecule has 0 saturated carbocycles. The highest BCUT2D eigenvalue weighted by atomic mass is 16.5. The summed E-state index contributed by atoms with van der Waals surface area (Å²) < 4.78 is 11.8. The fourth-order valence-electron chi connectivity index (χ4n) is 4.30. The zero-order valence-electron chi connectivity index (χ0n) is 13.0. The lowest BCUT2D eigenvalue weighted by molar-refractivity contribution is 0.0754. The molecule has 5 nitrogen and oxygen atoms in total. The zero-order chi connectivity index (χ0) is 15.5. The Kier molecular flexibility index (Phi) is 2.93. The van der Waals surface area contributed by atoms with Crippen LogP contribution in [0.2, 0.25) is 0 Å². The normalized spacial score (nSPS) is 33.3. The van der Waals surface area contributed by atoms with E-state index in [0.717, 1.165) is 36.7 Å². The van der Waals surface area contributed by atoms with Gasteiger partial charge in [0.2, 0.25) is 0 Å². The fraction of sp³-hybridized carbons (Fsp3) is 0.529. The van der Waals surface area contributed by atoms with Crippen LogP contribution in [0.5, 0.6) is 11.5 Å². The first-order valence-corrected chi connectivity index (χ1v) is 7.77. The van der Waals surface area contributed by atoms with E-state index in [0.29, 0.717) is 6.42 Å². The molecule has 1 aromatic rings. The van der Waals surface area contributed by atoms with Crippen LogP contribution >= 0.6 is 0 Å². The molecule has 118 valence electrons. The SMILES string of the molecule is COc1ccc2c3c1O[C@H]1C[C@@H](O)C=C(N)[C@@]31CCN(C)C2. The maximum atomic E-state index is 10.1. The van der Waals surface area contributed by atoms with Crippen LogP contribution in [0.25, 0.3) is 0 Å². The molecule has 2 heterocycles. The molecule has 2 aliphatic heterocycles. The van der Waals surface area contributed by atoms with Gasteiger partial charge in [0.1, 0.15) is 6.10 Å². The molecular weight excluding hydrogens is 280 g/mol. The van der Waals surface area contributed by atoms with Crippen molar-refractivity contribution in [3.8, 4) is 11.5 Å². The Hall–Kier alpha value is -1.72. The van der Waals surface area contributed by atoms with Crippen molar-refractivity contribution in [3.05, 3.63) is 35.0 Å². The molecule has 3 aliphatic rings. The molecule has 3 N–H and O–H groups in total. The first kappa shape index (κ1) is 13.9. The van der Waals surface area contributed by atoms with Crippen molar-refractivity contribution in [1.82, 2.24) is 4.90 Å². The van der Waals surface area contributed by atoms with Crippen LogP contribution in [-0.4, -0.2) is 42.9 Å². The van der Waals surface area contributed by atoms with Gasteiger partial charge in [-0.05, 0) is 37.7 Å². The highest BCUT2D eigenvalue weighted by Gasteiger charge is 2.56. The third kappa shape index (κ3) is 1.66. The summed E-state index contributed by atoms with van der Waals surface area (Å²) in [5.41, 5.74) is 9.26. The first-order valence-electron chi connectivity index (χ1n) is 7.77. The molecule has 0 amide bonds. The van der Waals surface area contributed by atoms with Crippen LogP contribution in [0.15, 0.2) is 23.9 Å². The van der Waals surface area contributed by atoms with Crippen molar-refractivity contribution in [2.75, 3.05) is 20.7 Å². The lowest BCUT2D eigenvalue weighted by Gasteiger charge is -2.39. The molecule has 0 aromatic heterocycles. The van der Waals surface area contributed by atoms with Gasteiger partial charge in [-0.25, -0.2) is 0 Å². The van der Waals surface area contributed by atoms with Crippen molar-refractivity contribution in [3.63, 3.8) is 0 Å². The van der Waals surface area contributed by atoms with E-state index in [9.17, 15) is 5.11 Å². The van der Waals surface area contributed by atoms with Crippen LogP contribution < -0.4 is 15.2 Å². The molecule has 22 heavy (non-hydrogen) atoms. The van der Waals surface area contributed by atoms with Gasteiger partial charge in [-0.3, -0.25) is 0 Å². The van der Waals surface area contributed by atoms with Crippen molar-refractivity contribution in [2.24, 2.45) is 5.73 Å². The summed E-state index contributed by atoms with van der Waals surface area (Å²) in [7, 11) is 3.79. The second-order valence-electron chi connectivity index (χ2n) is 6.62. The van der Waals surface area contributed by atoms with Gasteiger partial charge < -0.3 is 25.2 Å². The maximum Gasteiger partial charge on any atom is 0.166 e. The predicted octanol–water partition coefficient (Wildman–Crippen LogP) is 1.14. The lowest BCUT2D eigenvalue weighted by atomic mass is 9.67. The van der Waals surface area contributed by atoms with Gasteiger partial charge in [0.05, 0.1) is 18.6 Å². The number of hydrogen-bond donors (Lipinski definition) is 2. The minimum absolute atomic E-state index is 0.121. The second-order valence-corrected chi connectivity index (χ2v) is 6.62.